The Morgan fingerprint density at radius 3 is 2.33 bits per heavy atom. The van der Waals surface area contributed by atoms with Gasteiger partial charge in [-0.1, -0.05) is 30.3 Å². The summed E-state index contributed by atoms with van der Waals surface area (Å²) in [5, 5.41) is 5.75. The standard InChI is InChI=1S/C19H25N3O2/c1-22(17-6-4-3-5-7-17)15-14-21-19(23)20-13-12-16-8-10-18(24-2)11-9-16/h3-11H,12-15H2,1-2H3,(H2,20,21,23). The molecule has 0 aromatic heterocycles. The number of methoxy groups -OCH3 is 1. The van der Waals surface area contributed by atoms with Crippen LogP contribution in [0.1, 0.15) is 5.56 Å². The molecule has 5 heteroatoms. The number of para-hydroxylation sites is 1. The minimum atomic E-state index is -0.134. The van der Waals surface area contributed by atoms with Crippen molar-refractivity contribution in [1.82, 2.24) is 10.6 Å². The van der Waals surface area contributed by atoms with Crippen LogP contribution in [0, 0.1) is 0 Å². The Balaban J connectivity index is 1.61. The van der Waals surface area contributed by atoms with Crippen molar-refractivity contribution < 1.29 is 9.53 Å². The number of anilines is 1. The van der Waals surface area contributed by atoms with E-state index >= 15 is 0 Å². The van der Waals surface area contributed by atoms with Crippen molar-refractivity contribution in [2.75, 3.05) is 38.7 Å². The van der Waals surface area contributed by atoms with Gasteiger partial charge in [0.05, 0.1) is 7.11 Å². The predicted octanol–water partition coefficient (Wildman–Crippen LogP) is 2.67. The molecule has 2 aromatic carbocycles. The van der Waals surface area contributed by atoms with Gasteiger partial charge in [-0.3, -0.25) is 0 Å². The van der Waals surface area contributed by atoms with Gasteiger partial charge in [0.15, 0.2) is 0 Å². The molecular weight excluding hydrogens is 302 g/mol. The summed E-state index contributed by atoms with van der Waals surface area (Å²) in [7, 11) is 3.66. The molecule has 0 aliphatic heterocycles. The molecule has 2 N–H and O–H groups in total. The van der Waals surface area contributed by atoms with Gasteiger partial charge in [0.1, 0.15) is 5.75 Å². The largest absolute Gasteiger partial charge is 0.497 e. The average Bonchev–Trinajstić information content (AvgIpc) is 2.63. The van der Waals surface area contributed by atoms with Gasteiger partial charge in [-0.2, -0.15) is 0 Å². The maximum Gasteiger partial charge on any atom is 0.314 e. The zero-order valence-electron chi connectivity index (χ0n) is 14.3. The maximum atomic E-state index is 11.8. The number of urea groups is 1. The molecule has 0 bridgehead atoms. The molecule has 5 nitrogen and oxygen atoms in total. The zero-order chi connectivity index (χ0) is 17.2. The predicted molar refractivity (Wildman–Crippen MR) is 97.8 cm³/mol. The Morgan fingerprint density at radius 2 is 1.67 bits per heavy atom. The summed E-state index contributed by atoms with van der Waals surface area (Å²) in [6, 6.07) is 17.8. The first-order chi connectivity index (χ1) is 11.7. The van der Waals surface area contributed by atoms with Gasteiger partial charge < -0.3 is 20.3 Å². The van der Waals surface area contributed by atoms with Gasteiger partial charge in [0, 0.05) is 32.4 Å². The van der Waals surface area contributed by atoms with Crippen LogP contribution < -0.4 is 20.3 Å². The third-order valence-electron chi connectivity index (χ3n) is 3.79. The minimum absolute atomic E-state index is 0.134. The Morgan fingerprint density at radius 1 is 1.00 bits per heavy atom. The average molecular weight is 327 g/mol. The highest BCUT2D eigenvalue weighted by atomic mass is 16.5. The fraction of sp³-hybridized carbons (Fsp3) is 0.316. The summed E-state index contributed by atoms with van der Waals surface area (Å²) in [6.45, 7) is 1.96. The monoisotopic (exact) mass is 327 g/mol. The van der Waals surface area contributed by atoms with E-state index in [9.17, 15) is 4.79 Å². The lowest BCUT2D eigenvalue weighted by Crippen LogP contribution is -2.40. The van der Waals surface area contributed by atoms with Gasteiger partial charge in [0.2, 0.25) is 0 Å². The second-order valence-electron chi connectivity index (χ2n) is 5.54. The van der Waals surface area contributed by atoms with Gasteiger partial charge in [-0.15, -0.1) is 0 Å². The number of hydrogen-bond acceptors (Lipinski definition) is 3. The van der Waals surface area contributed by atoms with E-state index in [0.29, 0.717) is 13.1 Å². The molecule has 0 unspecified atom stereocenters. The molecule has 0 atom stereocenters. The fourth-order valence-electron chi connectivity index (χ4n) is 2.32. The first-order valence-corrected chi connectivity index (χ1v) is 8.10. The minimum Gasteiger partial charge on any atom is -0.497 e. The van der Waals surface area contributed by atoms with Gasteiger partial charge >= 0.3 is 6.03 Å². The molecular formula is C19H25N3O2. The molecule has 0 heterocycles. The normalized spacial score (nSPS) is 10.1. The van der Waals surface area contributed by atoms with Crippen LogP contribution >= 0.6 is 0 Å². The van der Waals surface area contributed by atoms with Crippen LogP contribution in [0.15, 0.2) is 54.6 Å². The smallest absolute Gasteiger partial charge is 0.314 e. The van der Waals surface area contributed by atoms with Crippen LogP contribution in [0.25, 0.3) is 0 Å². The highest BCUT2D eigenvalue weighted by Crippen LogP contribution is 2.11. The van der Waals surface area contributed by atoms with Crippen LogP contribution in [0.5, 0.6) is 5.75 Å². The van der Waals surface area contributed by atoms with E-state index in [1.807, 2.05) is 49.5 Å². The maximum absolute atomic E-state index is 11.8. The fourth-order valence-corrected chi connectivity index (χ4v) is 2.32. The molecule has 0 spiro atoms. The van der Waals surface area contributed by atoms with Crippen LogP contribution in [0.3, 0.4) is 0 Å². The first kappa shape index (κ1) is 17.7. The van der Waals surface area contributed by atoms with Crippen molar-refractivity contribution in [2.24, 2.45) is 0 Å². The third kappa shape index (κ3) is 5.83. The van der Waals surface area contributed by atoms with Crippen LogP contribution in [-0.2, 0) is 6.42 Å². The molecule has 2 amide bonds. The summed E-state index contributed by atoms with van der Waals surface area (Å²) in [6.07, 6.45) is 0.793. The van der Waals surface area contributed by atoms with Crippen molar-refractivity contribution >= 4 is 11.7 Å². The first-order valence-electron chi connectivity index (χ1n) is 8.10. The molecule has 0 radical (unpaired) electrons. The highest BCUT2D eigenvalue weighted by Gasteiger charge is 2.02. The van der Waals surface area contributed by atoms with Crippen molar-refractivity contribution in [2.45, 2.75) is 6.42 Å². The van der Waals surface area contributed by atoms with E-state index in [-0.39, 0.29) is 6.03 Å². The second kappa shape index (κ2) is 9.45. The van der Waals surface area contributed by atoms with E-state index in [1.165, 1.54) is 5.56 Å². The quantitative estimate of drug-likeness (QED) is 0.784. The third-order valence-corrected chi connectivity index (χ3v) is 3.79. The SMILES string of the molecule is COc1ccc(CCNC(=O)NCCN(C)c2ccccc2)cc1. The lowest BCUT2D eigenvalue weighted by Gasteiger charge is -2.19. The highest BCUT2D eigenvalue weighted by molar-refractivity contribution is 5.73. The Labute approximate surface area is 143 Å². The lowest BCUT2D eigenvalue weighted by molar-refractivity contribution is 0.241. The molecule has 0 aliphatic carbocycles. The van der Waals surface area contributed by atoms with Crippen molar-refractivity contribution in [1.29, 1.82) is 0 Å². The summed E-state index contributed by atoms with van der Waals surface area (Å²) in [5.74, 6) is 0.840. The summed E-state index contributed by atoms with van der Waals surface area (Å²) in [4.78, 5) is 13.9. The molecule has 128 valence electrons. The second-order valence-corrected chi connectivity index (χ2v) is 5.54. The van der Waals surface area contributed by atoms with E-state index in [2.05, 4.69) is 27.7 Å². The number of rotatable bonds is 8. The number of carbonyl (C=O) groups is 1. The summed E-state index contributed by atoms with van der Waals surface area (Å²) < 4.78 is 5.12. The zero-order valence-corrected chi connectivity index (χ0v) is 14.3. The molecule has 0 saturated heterocycles. The number of hydrogen-bond donors (Lipinski definition) is 2. The van der Waals surface area contributed by atoms with Gasteiger partial charge in [0.25, 0.3) is 0 Å². The molecule has 24 heavy (non-hydrogen) atoms. The topological polar surface area (TPSA) is 53.6 Å². The molecule has 0 saturated carbocycles. The van der Waals surface area contributed by atoms with Gasteiger partial charge in [-0.25, -0.2) is 4.79 Å². The summed E-state index contributed by atoms with van der Waals surface area (Å²) >= 11 is 0. The lowest BCUT2D eigenvalue weighted by atomic mass is 10.1. The van der Waals surface area contributed by atoms with Crippen molar-refractivity contribution in [3.63, 3.8) is 0 Å². The Hall–Kier alpha value is -2.69. The molecule has 0 aliphatic rings. The van der Waals surface area contributed by atoms with Crippen LogP contribution in [-0.4, -0.2) is 39.8 Å². The summed E-state index contributed by atoms with van der Waals surface area (Å²) in [5.41, 5.74) is 2.30. The van der Waals surface area contributed by atoms with E-state index in [1.54, 1.807) is 7.11 Å². The molecule has 2 aromatic rings. The van der Waals surface area contributed by atoms with Crippen molar-refractivity contribution in [3.8, 4) is 5.75 Å². The number of amides is 2. The molecule has 2 rings (SSSR count). The number of ether oxygens (including phenoxy) is 1. The Kier molecular flexibility index (Phi) is 6.95. The number of carbonyl (C=O) groups excluding carboxylic acids is 1. The molecule has 0 fully saturated rings. The Bertz CT molecular complexity index is 614. The van der Waals surface area contributed by atoms with E-state index < -0.39 is 0 Å². The van der Waals surface area contributed by atoms with Crippen LogP contribution in [0.2, 0.25) is 0 Å². The number of nitrogens with zero attached hydrogens (tertiary/aromatic N) is 1. The van der Waals surface area contributed by atoms with Gasteiger partial charge in [-0.05, 0) is 36.2 Å². The van der Waals surface area contributed by atoms with Crippen LogP contribution in [0.4, 0.5) is 10.5 Å². The van der Waals surface area contributed by atoms with E-state index in [0.717, 1.165) is 24.4 Å². The van der Waals surface area contributed by atoms with Crippen molar-refractivity contribution in [3.05, 3.63) is 60.2 Å². The number of nitrogens with one attached hydrogen (secondary N) is 2. The van der Waals surface area contributed by atoms with E-state index in [4.69, 9.17) is 4.74 Å². The number of likely N-dealkylation sites (N-methyl/N-ethyl adjacent to an activating group) is 1. The number of benzene rings is 2.